The summed E-state index contributed by atoms with van der Waals surface area (Å²) >= 11 is 0. The van der Waals surface area contributed by atoms with Crippen molar-refractivity contribution >= 4 is 5.82 Å². The standard InChI is InChI=1S/C13H18N2O/c1-3-6-11-7-8-12(14-13(11)16-2)15-9-4-5-10-15/h3,7-8H,1,4-6,9-10H2,2H3. The summed E-state index contributed by atoms with van der Waals surface area (Å²) in [5, 5.41) is 0. The summed E-state index contributed by atoms with van der Waals surface area (Å²) in [5.41, 5.74) is 1.10. The van der Waals surface area contributed by atoms with Crippen LogP contribution in [-0.2, 0) is 6.42 Å². The van der Waals surface area contributed by atoms with E-state index in [4.69, 9.17) is 4.74 Å². The highest BCUT2D eigenvalue weighted by atomic mass is 16.5. The van der Waals surface area contributed by atoms with Crippen molar-refractivity contribution in [3.63, 3.8) is 0 Å². The number of hydrogen-bond donors (Lipinski definition) is 0. The molecule has 1 aromatic rings. The van der Waals surface area contributed by atoms with E-state index in [2.05, 4.69) is 28.6 Å². The molecule has 0 amide bonds. The van der Waals surface area contributed by atoms with E-state index < -0.39 is 0 Å². The van der Waals surface area contributed by atoms with Gasteiger partial charge < -0.3 is 9.64 Å². The predicted molar refractivity (Wildman–Crippen MR) is 66.1 cm³/mol. The highest BCUT2D eigenvalue weighted by molar-refractivity contribution is 5.45. The van der Waals surface area contributed by atoms with Gasteiger partial charge in [0.2, 0.25) is 5.88 Å². The Balaban J connectivity index is 2.24. The molecular formula is C13H18N2O. The molecule has 0 bridgehead atoms. The second-order valence-electron chi connectivity index (χ2n) is 4.02. The topological polar surface area (TPSA) is 25.4 Å². The normalized spacial score (nSPS) is 15.2. The van der Waals surface area contributed by atoms with Gasteiger partial charge in [-0.3, -0.25) is 0 Å². The lowest BCUT2D eigenvalue weighted by Gasteiger charge is -2.17. The van der Waals surface area contributed by atoms with E-state index in [0.717, 1.165) is 36.8 Å². The van der Waals surface area contributed by atoms with Crippen LogP contribution in [0.2, 0.25) is 0 Å². The molecule has 2 heterocycles. The number of allylic oxidation sites excluding steroid dienone is 1. The van der Waals surface area contributed by atoms with Gasteiger partial charge in [-0.1, -0.05) is 6.08 Å². The van der Waals surface area contributed by atoms with Gasteiger partial charge >= 0.3 is 0 Å². The van der Waals surface area contributed by atoms with Crippen LogP contribution in [0.3, 0.4) is 0 Å². The second kappa shape index (κ2) is 5.01. The number of rotatable bonds is 4. The van der Waals surface area contributed by atoms with Crippen LogP contribution in [0.5, 0.6) is 5.88 Å². The molecule has 0 saturated carbocycles. The molecule has 0 N–H and O–H groups in total. The first-order chi connectivity index (χ1) is 7.85. The van der Waals surface area contributed by atoms with Crippen molar-refractivity contribution in [2.24, 2.45) is 0 Å². The molecule has 16 heavy (non-hydrogen) atoms. The lowest BCUT2D eigenvalue weighted by atomic mass is 10.2. The number of pyridine rings is 1. The van der Waals surface area contributed by atoms with Crippen molar-refractivity contribution in [3.05, 3.63) is 30.4 Å². The fourth-order valence-electron chi connectivity index (χ4n) is 2.07. The summed E-state index contributed by atoms with van der Waals surface area (Å²) in [4.78, 5) is 6.85. The lowest BCUT2D eigenvalue weighted by molar-refractivity contribution is 0.393. The van der Waals surface area contributed by atoms with E-state index in [1.165, 1.54) is 12.8 Å². The van der Waals surface area contributed by atoms with Crippen LogP contribution in [-0.4, -0.2) is 25.2 Å². The Bertz CT molecular complexity index is 370. The third-order valence-electron chi connectivity index (χ3n) is 2.91. The number of aromatic nitrogens is 1. The molecule has 0 atom stereocenters. The minimum Gasteiger partial charge on any atom is -0.481 e. The van der Waals surface area contributed by atoms with Crippen LogP contribution >= 0.6 is 0 Å². The molecule has 3 nitrogen and oxygen atoms in total. The van der Waals surface area contributed by atoms with Gasteiger partial charge in [0.25, 0.3) is 0 Å². The Labute approximate surface area is 96.7 Å². The van der Waals surface area contributed by atoms with E-state index in [1.807, 2.05) is 6.08 Å². The molecule has 0 radical (unpaired) electrons. The maximum atomic E-state index is 5.31. The Kier molecular flexibility index (Phi) is 3.44. The second-order valence-corrected chi connectivity index (χ2v) is 4.02. The van der Waals surface area contributed by atoms with Crippen LogP contribution in [0.4, 0.5) is 5.82 Å². The molecule has 0 spiro atoms. The third kappa shape index (κ3) is 2.18. The summed E-state index contributed by atoms with van der Waals surface area (Å²) in [7, 11) is 1.67. The zero-order valence-corrected chi connectivity index (χ0v) is 9.78. The smallest absolute Gasteiger partial charge is 0.218 e. The molecule has 1 aliphatic rings. The van der Waals surface area contributed by atoms with Gasteiger partial charge in [-0.15, -0.1) is 6.58 Å². The third-order valence-corrected chi connectivity index (χ3v) is 2.91. The zero-order valence-electron chi connectivity index (χ0n) is 9.78. The van der Waals surface area contributed by atoms with E-state index in [0.29, 0.717) is 0 Å². The van der Waals surface area contributed by atoms with Gasteiger partial charge in [-0.05, 0) is 31.4 Å². The maximum absolute atomic E-state index is 5.31. The number of hydrogen-bond acceptors (Lipinski definition) is 3. The Morgan fingerprint density at radius 2 is 2.19 bits per heavy atom. The van der Waals surface area contributed by atoms with Gasteiger partial charge in [0, 0.05) is 18.7 Å². The maximum Gasteiger partial charge on any atom is 0.218 e. The van der Waals surface area contributed by atoms with E-state index in [-0.39, 0.29) is 0 Å². The highest BCUT2D eigenvalue weighted by Crippen LogP contribution is 2.24. The first-order valence-corrected chi connectivity index (χ1v) is 5.75. The van der Waals surface area contributed by atoms with Crippen molar-refractivity contribution in [2.45, 2.75) is 19.3 Å². The summed E-state index contributed by atoms with van der Waals surface area (Å²) < 4.78 is 5.31. The summed E-state index contributed by atoms with van der Waals surface area (Å²) in [6.45, 7) is 5.95. The molecule has 3 heteroatoms. The van der Waals surface area contributed by atoms with Gasteiger partial charge in [0.15, 0.2) is 0 Å². The Morgan fingerprint density at radius 3 is 2.81 bits per heavy atom. The van der Waals surface area contributed by atoms with Crippen LogP contribution in [0, 0.1) is 0 Å². The molecular weight excluding hydrogens is 200 g/mol. The van der Waals surface area contributed by atoms with Crippen molar-refractivity contribution in [1.82, 2.24) is 4.98 Å². The first kappa shape index (κ1) is 11.0. The molecule has 0 aromatic carbocycles. The van der Waals surface area contributed by atoms with Crippen LogP contribution < -0.4 is 9.64 Å². The number of anilines is 1. The molecule has 86 valence electrons. The van der Waals surface area contributed by atoms with Crippen molar-refractivity contribution in [2.75, 3.05) is 25.1 Å². The molecule has 1 saturated heterocycles. The summed E-state index contributed by atoms with van der Waals surface area (Å²) in [6.07, 6.45) is 5.20. The van der Waals surface area contributed by atoms with Crippen molar-refractivity contribution < 1.29 is 4.74 Å². The van der Waals surface area contributed by atoms with Crippen LogP contribution in [0.1, 0.15) is 18.4 Å². The zero-order chi connectivity index (χ0) is 11.4. The van der Waals surface area contributed by atoms with Crippen LogP contribution in [0.25, 0.3) is 0 Å². The molecule has 0 unspecified atom stereocenters. The van der Waals surface area contributed by atoms with Gasteiger partial charge in [0.05, 0.1) is 7.11 Å². The molecule has 0 aliphatic carbocycles. The average molecular weight is 218 g/mol. The van der Waals surface area contributed by atoms with Gasteiger partial charge in [-0.2, -0.15) is 4.98 Å². The first-order valence-electron chi connectivity index (χ1n) is 5.75. The molecule has 1 fully saturated rings. The molecule has 1 aromatic heterocycles. The van der Waals surface area contributed by atoms with Crippen LogP contribution in [0.15, 0.2) is 24.8 Å². The quantitative estimate of drug-likeness (QED) is 0.726. The van der Waals surface area contributed by atoms with E-state index in [9.17, 15) is 0 Å². The van der Waals surface area contributed by atoms with Crippen molar-refractivity contribution in [3.8, 4) is 5.88 Å². The predicted octanol–water partition coefficient (Wildman–Crippen LogP) is 2.42. The van der Waals surface area contributed by atoms with E-state index >= 15 is 0 Å². The van der Waals surface area contributed by atoms with Gasteiger partial charge in [0.1, 0.15) is 5.82 Å². The fraction of sp³-hybridized carbons (Fsp3) is 0.462. The highest BCUT2D eigenvalue weighted by Gasteiger charge is 2.15. The number of ether oxygens (including phenoxy) is 1. The fourth-order valence-corrected chi connectivity index (χ4v) is 2.07. The number of nitrogens with zero attached hydrogens (tertiary/aromatic N) is 2. The monoisotopic (exact) mass is 218 g/mol. The van der Waals surface area contributed by atoms with Gasteiger partial charge in [-0.25, -0.2) is 0 Å². The summed E-state index contributed by atoms with van der Waals surface area (Å²) in [6, 6.07) is 4.16. The largest absolute Gasteiger partial charge is 0.481 e. The Morgan fingerprint density at radius 1 is 1.44 bits per heavy atom. The molecule has 1 aliphatic heterocycles. The Hall–Kier alpha value is -1.51. The molecule has 2 rings (SSSR count). The lowest BCUT2D eigenvalue weighted by Crippen LogP contribution is -2.19. The van der Waals surface area contributed by atoms with E-state index in [1.54, 1.807) is 7.11 Å². The number of methoxy groups -OCH3 is 1. The average Bonchev–Trinajstić information content (AvgIpc) is 2.83. The minimum absolute atomic E-state index is 0.726. The SMILES string of the molecule is C=CCc1ccc(N2CCCC2)nc1OC. The van der Waals surface area contributed by atoms with Crippen molar-refractivity contribution in [1.29, 1.82) is 0 Å². The minimum atomic E-state index is 0.726. The summed E-state index contributed by atoms with van der Waals surface area (Å²) in [5.74, 6) is 1.76.